The van der Waals surface area contributed by atoms with Crippen molar-refractivity contribution in [3.63, 3.8) is 0 Å². The number of nitrogens with zero attached hydrogens (tertiary/aromatic N) is 1. The molecule has 0 heterocycles. The number of hydrogen-bond acceptors (Lipinski definition) is 4. The topological polar surface area (TPSA) is 67.9 Å². The second-order valence-corrected chi connectivity index (χ2v) is 6.40. The number of carbonyl (C=O) groups is 2. The lowest BCUT2D eigenvalue weighted by Crippen LogP contribution is -2.32. The monoisotopic (exact) mass is 390 g/mol. The van der Waals surface area contributed by atoms with Crippen molar-refractivity contribution in [3.8, 4) is 11.5 Å². The maximum Gasteiger partial charge on any atom is 0.226 e. The van der Waals surface area contributed by atoms with Crippen molar-refractivity contribution in [1.82, 2.24) is 0 Å². The summed E-state index contributed by atoms with van der Waals surface area (Å²) in [6, 6.07) is 10.6. The molecule has 1 N–H and O–H groups in total. The van der Waals surface area contributed by atoms with E-state index in [9.17, 15) is 9.59 Å². The number of amides is 2. The molecule has 2 amide bonds. The Morgan fingerprint density at radius 1 is 1.07 bits per heavy atom. The Hall–Kier alpha value is -2.73. The average Bonchev–Trinajstić information content (AvgIpc) is 2.62. The largest absolute Gasteiger partial charge is 0.495 e. The maximum absolute atomic E-state index is 12.4. The van der Waals surface area contributed by atoms with Crippen LogP contribution < -0.4 is 19.7 Å². The van der Waals surface area contributed by atoms with Crippen LogP contribution >= 0.6 is 11.6 Å². The first-order valence-corrected chi connectivity index (χ1v) is 8.79. The van der Waals surface area contributed by atoms with Crippen molar-refractivity contribution < 1.29 is 19.1 Å². The number of anilines is 2. The Kier molecular flexibility index (Phi) is 7.07. The van der Waals surface area contributed by atoms with Crippen molar-refractivity contribution in [1.29, 1.82) is 0 Å². The normalized spacial score (nSPS) is 10.3. The van der Waals surface area contributed by atoms with E-state index in [1.165, 1.54) is 18.9 Å². The number of aryl methyl sites for hydroxylation is 1. The van der Waals surface area contributed by atoms with Gasteiger partial charge in [-0.15, -0.1) is 0 Å². The molecule has 0 saturated heterocycles. The molecule has 0 spiro atoms. The van der Waals surface area contributed by atoms with Crippen LogP contribution in [-0.2, 0) is 9.59 Å². The molecule has 0 unspecified atom stereocenters. The van der Waals surface area contributed by atoms with Crippen molar-refractivity contribution in [2.75, 3.05) is 31.0 Å². The second-order valence-electron chi connectivity index (χ2n) is 5.99. The molecule has 0 atom stereocenters. The van der Waals surface area contributed by atoms with Crippen LogP contribution in [0.2, 0.25) is 5.02 Å². The van der Waals surface area contributed by atoms with Gasteiger partial charge < -0.3 is 19.7 Å². The van der Waals surface area contributed by atoms with Crippen LogP contribution in [0, 0.1) is 6.92 Å². The fraction of sp³-hybridized carbons (Fsp3) is 0.300. The Morgan fingerprint density at radius 3 is 2.33 bits per heavy atom. The number of halogens is 1. The number of hydrogen-bond donors (Lipinski definition) is 1. The predicted octanol–water partition coefficient (Wildman–Crippen LogP) is 4.05. The van der Waals surface area contributed by atoms with Crippen LogP contribution in [0.4, 0.5) is 11.4 Å². The molecule has 0 radical (unpaired) electrons. The van der Waals surface area contributed by atoms with Gasteiger partial charge in [-0.25, -0.2) is 0 Å². The van der Waals surface area contributed by atoms with E-state index in [1.54, 1.807) is 31.4 Å². The molecular formula is C20H23ClN2O4. The third-order valence-electron chi connectivity index (χ3n) is 4.02. The van der Waals surface area contributed by atoms with Gasteiger partial charge in [0.05, 0.1) is 24.9 Å². The Bertz CT molecular complexity index is 839. The molecule has 0 fully saturated rings. The summed E-state index contributed by atoms with van der Waals surface area (Å²) < 4.78 is 10.4. The van der Waals surface area contributed by atoms with E-state index in [2.05, 4.69) is 5.32 Å². The number of carbonyl (C=O) groups excluding carboxylic acids is 2. The van der Waals surface area contributed by atoms with Crippen LogP contribution in [0.25, 0.3) is 0 Å². The quantitative estimate of drug-likeness (QED) is 0.774. The first-order chi connectivity index (χ1) is 12.8. The van der Waals surface area contributed by atoms with Crippen molar-refractivity contribution in [3.05, 3.63) is 47.0 Å². The van der Waals surface area contributed by atoms with E-state index in [0.717, 1.165) is 5.56 Å². The van der Waals surface area contributed by atoms with E-state index >= 15 is 0 Å². The molecular weight excluding hydrogens is 368 g/mol. The van der Waals surface area contributed by atoms with E-state index in [4.69, 9.17) is 21.1 Å². The minimum Gasteiger partial charge on any atom is -0.495 e. The highest BCUT2D eigenvalue weighted by atomic mass is 35.5. The zero-order chi connectivity index (χ0) is 20.0. The van der Waals surface area contributed by atoms with Crippen LogP contribution in [0.15, 0.2) is 36.4 Å². The SMILES string of the molecule is COc1ccc(N(CCC(=O)Nc2cc(C)ccc2OC)C(C)=O)cc1Cl. The Balaban J connectivity index is 2.08. The fourth-order valence-electron chi connectivity index (χ4n) is 2.64. The minimum atomic E-state index is -0.218. The highest BCUT2D eigenvalue weighted by molar-refractivity contribution is 6.32. The van der Waals surface area contributed by atoms with Gasteiger partial charge in [-0.1, -0.05) is 17.7 Å². The molecule has 0 aromatic heterocycles. The summed E-state index contributed by atoms with van der Waals surface area (Å²) in [6.07, 6.45) is 0.125. The Labute approximate surface area is 164 Å². The molecule has 2 rings (SSSR count). The fourth-order valence-corrected chi connectivity index (χ4v) is 2.89. The molecule has 27 heavy (non-hydrogen) atoms. The average molecular weight is 391 g/mol. The van der Waals surface area contributed by atoms with Crippen molar-refractivity contribution in [2.24, 2.45) is 0 Å². The maximum atomic E-state index is 12.4. The molecule has 7 heteroatoms. The van der Waals surface area contributed by atoms with Crippen molar-refractivity contribution in [2.45, 2.75) is 20.3 Å². The second kappa shape index (κ2) is 9.28. The summed E-state index contributed by atoms with van der Waals surface area (Å²) in [5, 5.41) is 3.23. The van der Waals surface area contributed by atoms with Crippen LogP contribution in [-0.4, -0.2) is 32.6 Å². The summed E-state index contributed by atoms with van der Waals surface area (Å²) in [7, 11) is 3.07. The van der Waals surface area contributed by atoms with Gasteiger partial charge in [0.1, 0.15) is 11.5 Å². The van der Waals surface area contributed by atoms with E-state index in [-0.39, 0.29) is 24.8 Å². The van der Waals surface area contributed by atoms with E-state index < -0.39 is 0 Å². The molecule has 2 aromatic carbocycles. The third kappa shape index (κ3) is 5.37. The summed E-state index contributed by atoms with van der Waals surface area (Å²) in [5.74, 6) is 0.703. The lowest BCUT2D eigenvalue weighted by Gasteiger charge is -2.22. The zero-order valence-corrected chi connectivity index (χ0v) is 16.6. The highest BCUT2D eigenvalue weighted by Crippen LogP contribution is 2.29. The number of rotatable bonds is 7. The molecule has 144 valence electrons. The van der Waals surface area contributed by atoms with Gasteiger partial charge >= 0.3 is 0 Å². The van der Waals surface area contributed by atoms with Gasteiger partial charge in [0, 0.05) is 25.6 Å². The lowest BCUT2D eigenvalue weighted by molar-refractivity contribution is -0.117. The first-order valence-electron chi connectivity index (χ1n) is 8.42. The van der Waals surface area contributed by atoms with Crippen molar-refractivity contribution >= 4 is 34.8 Å². The van der Waals surface area contributed by atoms with Gasteiger partial charge in [0.15, 0.2) is 0 Å². The van der Waals surface area contributed by atoms with Gasteiger partial charge in [-0.05, 0) is 42.8 Å². The number of benzene rings is 2. The van der Waals surface area contributed by atoms with Gasteiger partial charge in [-0.3, -0.25) is 9.59 Å². The lowest BCUT2D eigenvalue weighted by atomic mass is 10.2. The molecule has 0 aliphatic carbocycles. The molecule has 2 aromatic rings. The summed E-state index contributed by atoms with van der Waals surface area (Å²) in [5.41, 5.74) is 2.21. The summed E-state index contributed by atoms with van der Waals surface area (Å²) >= 11 is 6.14. The smallest absolute Gasteiger partial charge is 0.226 e. The van der Waals surface area contributed by atoms with Crippen LogP contribution in [0.5, 0.6) is 11.5 Å². The molecule has 0 aliphatic heterocycles. The predicted molar refractivity (Wildman–Crippen MR) is 107 cm³/mol. The van der Waals surface area contributed by atoms with Crippen LogP contribution in [0.1, 0.15) is 18.9 Å². The molecule has 0 bridgehead atoms. The number of methoxy groups -OCH3 is 2. The number of ether oxygens (including phenoxy) is 2. The minimum absolute atomic E-state index is 0.125. The zero-order valence-electron chi connectivity index (χ0n) is 15.8. The van der Waals surface area contributed by atoms with E-state index in [0.29, 0.717) is 27.9 Å². The van der Waals surface area contributed by atoms with Gasteiger partial charge in [0.25, 0.3) is 0 Å². The van der Waals surface area contributed by atoms with E-state index in [1.807, 2.05) is 19.1 Å². The van der Waals surface area contributed by atoms with Crippen LogP contribution in [0.3, 0.4) is 0 Å². The first kappa shape index (κ1) is 20.6. The highest BCUT2D eigenvalue weighted by Gasteiger charge is 2.16. The standard InChI is InChI=1S/C20H23ClN2O4/c1-13-5-7-19(27-4)17(11-13)22-20(25)9-10-23(14(2)24)15-6-8-18(26-3)16(21)12-15/h5-8,11-12H,9-10H2,1-4H3,(H,22,25). The number of nitrogens with one attached hydrogen (secondary N) is 1. The molecule has 6 nitrogen and oxygen atoms in total. The molecule has 0 aliphatic rings. The van der Waals surface area contributed by atoms with Gasteiger partial charge in [0.2, 0.25) is 11.8 Å². The summed E-state index contributed by atoms with van der Waals surface area (Å²) in [6.45, 7) is 3.59. The Morgan fingerprint density at radius 2 is 1.74 bits per heavy atom. The summed E-state index contributed by atoms with van der Waals surface area (Å²) in [4.78, 5) is 25.9. The molecule has 0 saturated carbocycles. The van der Waals surface area contributed by atoms with Gasteiger partial charge in [-0.2, -0.15) is 0 Å². The third-order valence-corrected chi connectivity index (χ3v) is 4.31.